The van der Waals surface area contributed by atoms with E-state index in [0.717, 1.165) is 5.56 Å². The lowest BCUT2D eigenvalue weighted by Crippen LogP contribution is -1.78. The van der Waals surface area contributed by atoms with Crippen molar-refractivity contribution in [2.75, 3.05) is 0 Å². The van der Waals surface area contributed by atoms with Gasteiger partial charge in [0.2, 0.25) is 0 Å². The van der Waals surface area contributed by atoms with E-state index in [1.165, 1.54) is 15.3 Å². The van der Waals surface area contributed by atoms with E-state index in [1.54, 1.807) is 23.5 Å². The van der Waals surface area contributed by atoms with Gasteiger partial charge in [0.05, 0.1) is 0 Å². The Kier molecular flexibility index (Phi) is 2.30. The van der Waals surface area contributed by atoms with Crippen LogP contribution in [-0.2, 0) is 0 Å². The maximum absolute atomic E-state index is 9.29. The van der Waals surface area contributed by atoms with Crippen LogP contribution in [0.1, 0.15) is 10.4 Å². The van der Waals surface area contributed by atoms with E-state index < -0.39 is 0 Å². The van der Waals surface area contributed by atoms with Gasteiger partial charge in [-0.15, -0.1) is 11.3 Å². The van der Waals surface area contributed by atoms with Crippen molar-refractivity contribution in [3.05, 3.63) is 40.8 Å². The van der Waals surface area contributed by atoms with Crippen LogP contribution in [0, 0.1) is 13.8 Å². The molecule has 1 nitrogen and oxygen atoms in total. The fraction of sp³-hybridized carbons (Fsp3) is 0.167. The summed E-state index contributed by atoms with van der Waals surface area (Å²) in [6, 6.07) is 9.74. The lowest BCUT2D eigenvalue weighted by atomic mass is 10.1. The van der Waals surface area contributed by atoms with E-state index in [-0.39, 0.29) is 0 Å². The summed E-state index contributed by atoms with van der Waals surface area (Å²) in [5, 5.41) is 9.29. The summed E-state index contributed by atoms with van der Waals surface area (Å²) < 4.78 is 0. The highest BCUT2D eigenvalue weighted by Crippen LogP contribution is 2.31. The molecule has 0 amide bonds. The number of aromatic hydroxyl groups is 1. The zero-order valence-electron chi connectivity index (χ0n) is 8.24. The Balaban J connectivity index is 2.52. The van der Waals surface area contributed by atoms with Gasteiger partial charge in [0, 0.05) is 9.75 Å². The minimum atomic E-state index is 0.333. The number of phenolic OH excluding ortho intramolecular Hbond substituents is 1. The molecule has 14 heavy (non-hydrogen) atoms. The summed E-state index contributed by atoms with van der Waals surface area (Å²) in [5.74, 6) is 0.333. The second-order valence-electron chi connectivity index (χ2n) is 3.41. The lowest BCUT2D eigenvalue weighted by Gasteiger charge is -2.03. The molecule has 0 aliphatic carbocycles. The number of rotatable bonds is 1. The number of phenols is 1. The minimum absolute atomic E-state index is 0.333. The van der Waals surface area contributed by atoms with Crippen molar-refractivity contribution in [3.63, 3.8) is 0 Å². The molecule has 1 aromatic carbocycles. The highest BCUT2D eigenvalue weighted by atomic mass is 32.1. The molecule has 0 saturated carbocycles. The predicted octanol–water partition coefficient (Wildman–Crippen LogP) is 3.74. The summed E-state index contributed by atoms with van der Waals surface area (Å²) in [5.41, 5.74) is 2.33. The van der Waals surface area contributed by atoms with Gasteiger partial charge in [-0.05, 0) is 55.3 Å². The van der Waals surface area contributed by atoms with Crippen LogP contribution < -0.4 is 0 Å². The van der Waals surface area contributed by atoms with Gasteiger partial charge in [0.15, 0.2) is 0 Å². The Labute approximate surface area is 87.7 Å². The number of aryl methyl sites for hydroxylation is 2. The summed E-state index contributed by atoms with van der Waals surface area (Å²) in [6.45, 7) is 4.12. The van der Waals surface area contributed by atoms with Crippen LogP contribution in [0.2, 0.25) is 0 Å². The van der Waals surface area contributed by atoms with Crippen LogP contribution in [0.3, 0.4) is 0 Å². The number of thiophene rings is 1. The Hall–Kier alpha value is -1.28. The van der Waals surface area contributed by atoms with Crippen LogP contribution in [0.15, 0.2) is 30.3 Å². The molecule has 0 spiro atoms. The second-order valence-corrected chi connectivity index (χ2v) is 4.70. The lowest BCUT2D eigenvalue weighted by molar-refractivity contribution is 0.475. The summed E-state index contributed by atoms with van der Waals surface area (Å²) in [4.78, 5) is 2.58. The zero-order chi connectivity index (χ0) is 10.1. The first-order chi connectivity index (χ1) is 6.66. The van der Waals surface area contributed by atoms with Gasteiger partial charge in [0.1, 0.15) is 5.75 Å². The topological polar surface area (TPSA) is 20.2 Å². The second kappa shape index (κ2) is 3.46. The fourth-order valence-electron chi connectivity index (χ4n) is 1.50. The van der Waals surface area contributed by atoms with E-state index in [1.807, 2.05) is 13.0 Å². The van der Waals surface area contributed by atoms with Crippen LogP contribution in [-0.4, -0.2) is 5.11 Å². The van der Waals surface area contributed by atoms with E-state index in [0.29, 0.717) is 5.75 Å². The average Bonchev–Trinajstić information content (AvgIpc) is 2.51. The van der Waals surface area contributed by atoms with E-state index in [4.69, 9.17) is 0 Å². The van der Waals surface area contributed by atoms with Gasteiger partial charge in [0.25, 0.3) is 0 Å². The monoisotopic (exact) mass is 204 g/mol. The van der Waals surface area contributed by atoms with Crippen molar-refractivity contribution in [2.45, 2.75) is 13.8 Å². The van der Waals surface area contributed by atoms with Crippen LogP contribution in [0.5, 0.6) is 5.75 Å². The van der Waals surface area contributed by atoms with Crippen molar-refractivity contribution in [2.24, 2.45) is 0 Å². The fourth-order valence-corrected chi connectivity index (χ4v) is 2.46. The molecule has 0 unspecified atom stereocenters. The Morgan fingerprint density at radius 2 is 1.86 bits per heavy atom. The normalized spacial score (nSPS) is 10.4. The molecule has 0 bridgehead atoms. The molecule has 0 radical (unpaired) electrons. The molecule has 2 rings (SSSR count). The van der Waals surface area contributed by atoms with Gasteiger partial charge >= 0.3 is 0 Å². The summed E-state index contributed by atoms with van der Waals surface area (Å²) >= 11 is 1.78. The van der Waals surface area contributed by atoms with Crippen molar-refractivity contribution in [1.29, 1.82) is 0 Å². The Bertz CT molecular complexity index is 457. The van der Waals surface area contributed by atoms with Crippen molar-refractivity contribution in [3.8, 4) is 16.2 Å². The van der Waals surface area contributed by atoms with E-state index in [2.05, 4.69) is 19.1 Å². The van der Waals surface area contributed by atoms with Gasteiger partial charge in [-0.3, -0.25) is 0 Å². The maximum atomic E-state index is 9.29. The third kappa shape index (κ3) is 1.66. The largest absolute Gasteiger partial charge is 0.508 e. The number of hydrogen-bond donors (Lipinski definition) is 1. The van der Waals surface area contributed by atoms with Crippen LogP contribution in [0.25, 0.3) is 10.4 Å². The molecule has 2 aromatic rings. The molecule has 0 aliphatic rings. The molecule has 2 heteroatoms. The molecular weight excluding hydrogens is 192 g/mol. The van der Waals surface area contributed by atoms with Gasteiger partial charge in [-0.25, -0.2) is 0 Å². The van der Waals surface area contributed by atoms with Crippen molar-refractivity contribution in [1.82, 2.24) is 0 Å². The Morgan fingerprint density at radius 3 is 2.43 bits per heavy atom. The summed E-state index contributed by atoms with van der Waals surface area (Å²) in [6.07, 6.45) is 0. The molecule has 72 valence electrons. The first-order valence-electron chi connectivity index (χ1n) is 4.53. The molecule has 1 N–H and O–H groups in total. The van der Waals surface area contributed by atoms with Crippen molar-refractivity contribution >= 4 is 11.3 Å². The van der Waals surface area contributed by atoms with Gasteiger partial charge in [-0.1, -0.05) is 0 Å². The van der Waals surface area contributed by atoms with Crippen LogP contribution in [0.4, 0.5) is 0 Å². The van der Waals surface area contributed by atoms with E-state index in [9.17, 15) is 5.11 Å². The SMILES string of the molecule is Cc1ccc(-c2ccc(O)cc2C)s1. The number of hydrogen-bond acceptors (Lipinski definition) is 2. The highest BCUT2D eigenvalue weighted by molar-refractivity contribution is 7.15. The summed E-state index contributed by atoms with van der Waals surface area (Å²) in [7, 11) is 0. The molecule has 1 aromatic heterocycles. The van der Waals surface area contributed by atoms with Crippen molar-refractivity contribution < 1.29 is 5.11 Å². The molecule has 0 aliphatic heterocycles. The molecule has 0 saturated heterocycles. The Morgan fingerprint density at radius 1 is 1.07 bits per heavy atom. The third-order valence-corrected chi connectivity index (χ3v) is 3.25. The van der Waals surface area contributed by atoms with Crippen LogP contribution >= 0.6 is 11.3 Å². The predicted molar refractivity (Wildman–Crippen MR) is 60.9 cm³/mol. The average molecular weight is 204 g/mol. The smallest absolute Gasteiger partial charge is 0.115 e. The van der Waals surface area contributed by atoms with Gasteiger partial charge in [-0.2, -0.15) is 0 Å². The maximum Gasteiger partial charge on any atom is 0.115 e. The highest BCUT2D eigenvalue weighted by Gasteiger charge is 2.04. The third-order valence-electron chi connectivity index (χ3n) is 2.22. The molecule has 0 fully saturated rings. The molecule has 1 heterocycles. The van der Waals surface area contributed by atoms with Gasteiger partial charge < -0.3 is 5.11 Å². The minimum Gasteiger partial charge on any atom is -0.508 e. The zero-order valence-corrected chi connectivity index (χ0v) is 9.06. The molecular formula is C12H12OS. The van der Waals surface area contributed by atoms with E-state index >= 15 is 0 Å². The molecule has 0 atom stereocenters. The standard InChI is InChI=1S/C12H12OS/c1-8-7-10(13)4-5-11(8)12-6-3-9(2)14-12/h3-7,13H,1-2H3. The first kappa shape index (κ1) is 9.28. The quantitative estimate of drug-likeness (QED) is 0.750. The first-order valence-corrected chi connectivity index (χ1v) is 5.35. The number of benzene rings is 1.